The lowest BCUT2D eigenvalue weighted by Gasteiger charge is -2.29. The van der Waals surface area contributed by atoms with Crippen molar-refractivity contribution in [3.05, 3.63) is 88.6 Å². The van der Waals surface area contributed by atoms with Crippen LogP contribution in [0, 0.1) is 12.7 Å². The van der Waals surface area contributed by atoms with Crippen molar-refractivity contribution in [2.75, 3.05) is 31.6 Å². The van der Waals surface area contributed by atoms with Gasteiger partial charge in [0, 0.05) is 32.0 Å². The van der Waals surface area contributed by atoms with E-state index in [9.17, 15) is 14.0 Å². The molecule has 0 spiro atoms. The lowest BCUT2D eigenvalue weighted by molar-refractivity contribution is -0.133. The van der Waals surface area contributed by atoms with Crippen molar-refractivity contribution in [2.45, 2.75) is 72.9 Å². The fourth-order valence-corrected chi connectivity index (χ4v) is 4.70. The fraction of sp³-hybridized carbons (Fsp3) is 0.455. The highest BCUT2D eigenvalue weighted by atomic mass is 19.1. The molecule has 41 heavy (non-hydrogen) atoms. The number of aryl methyl sites for hydroxylation is 1. The van der Waals surface area contributed by atoms with Crippen molar-refractivity contribution in [3.63, 3.8) is 0 Å². The van der Waals surface area contributed by atoms with Gasteiger partial charge in [-0.3, -0.25) is 4.79 Å². The SMILES string of the molecule is CCOCCCN(CC(=O)N(Cc1ccc(F)cc1)Cc1ccc(C)o1)C(=O)Nc1c(C(C)C)cccc1C(C)C. The van der Waals surface area contributed by atoms with E-state index in [2.05, 4.69) is 33.0 Å². The third kappa shape index (κ3) is 9.46. The number of nitrogens with zero attached hydrogens (tertiary/aromatic N) is 2. The van der Waals surface area contributed by atoms with Gasteiger partial charge in [-0.15, -0.1) is 0 Å². The standard InChI is InChI=1S/C33H44FN3O4/c1-7-40-19-9-18-36(33(39)35-32-29(23(2)3)10-8-11-30(32)24(4)5)22-31(38)37(21-28-17-12-25(6)41-28)20-26-13-15-27(34)16-14-26/h8,10-17,23-24H,7,9,18-22H2,1-6H3,(H,35,39). The van der Waals surface area contributed by atoms with Crippen LogP contribution in [0.15, 0.2) is 59.0 Å². The van der Waals surface area contributed by atoms with Crippen molar-refractivity contribution in [1.29, 1.82) is 0 Å². The summed E-state index contributed by atoms with van der Waals surface area (Å²) in [6.07, 6.45) is 0.590. The Labute approximate surface area is 243 Å². The second-order valence-electron chi connectivity index (χ2n) is 10.9. The monoisotopic (exact) mass is 565 g/mol. The van der Waals surface area contributed by atoms with Crippen molar-refractivity contribution < 1.29 is 23.1 Å². The number of carbonyl (C=O) groups is 2. The van der Waals surface area contributed by atoms with E-state index in [1.807, 2.05) is 44.2 Å². The van der Waals surface area contributed by atoms with Gasteiger partial charge in [-0.25, -0.2) is 9.18 Å². The van der Waals surface area contributed by atoms with E-state index in [4.69, 9.17) is 9.15 Å². The lowest BCUT2D eigenvalue weighted by atomic mass is 9.93. The van der Waals surface area contributed by atoms with Gasteiger partial charge in [-0.05, 0) is 73.1 Å². The minimum absolute atomic E-state index is 0.125. The van der Waals surface area contributed by atoms with Crippen LogP contribution in [-0.2, 0) is 22.6 Å². The highest BCUT2D eigenvalue weighted by Gasteiger charge is 2.25. The molecule has 3 aromatic rings. The number of amides is 3. The van der Waals surface area contributed by atoms with Gasteiger partial charge >= 0.3 is 6.03 Å². The van der Waals surface area contributed by atoms with Crippen molar-refractivity contribution in [1.82, 2.24) is 9.80 Å². The second-order valence-corrected chi connectivity index (χ2v) is 10.9. The molecule has 8 heteroatoms. The first-order valence-electron chi connectivity index (χ1n) is 14.4. The van der Waals surface area contributed by atoms with Crippen LogP contribution in [0.1, 0.15) is 81.1 Å². The zero-order chi connectivity index (χ0) is 29.9. The van der Waals surface area contributed by atoms with Gasteiger partial charge in [0.1, 0.15) is 23.9 Å². The van der Waals surface area contributed by atoms with Crippen molar-refractivity contribution >= 4 is 17.6 Å². The first-order chi connectivity index (χ1) is 19.6. The topological polar surface area (TPSA) is 75.0 Å². The molecule has 0 radical (unpaired) electrons. The van der Waals surface area contributed by atoms with Crippen molar-refractivity contribution in [3.8, 4) is 0 Å². The van der Waals surface area contributed by atoms with Crippen LogP contribution in [0.5, 0.6) is 0 Å². The third-order valence-corrected chi connectivity index (χ3v) is 6.92. The van der Waals surface area contributed by atoms with Crippen molar-refractivity contribution in [2.24, 2.45) is 0 Å². The molecule has 222 valence electrons. The number of furan rings is 1. The van der Waals surface area contributed by atoms with Crippen LogP contribution >= 0.6 is 0 Å². The molecular formula is C33H44FN3O4. The van der Waals surface area contributed by atoms with Gasteiger partial charge < -0.3 is 24.3 Å². The highest BCUT2D eigenvalue weighted by Crippen LogP contribution is 2.32. The van der Waals surface area contributed by atoms with Crippen LogP contribution in [0.4, 0.5) is 14.9 Å². The molecule has 0 aliphatic rings. The van der Waals surface area contributed by atoms with Crippen LogP contribution in [-0.4, -0.2) is 48.0 Å². The summed E-state index contributed by atoms with van der Waals surface area (Å²) in [5.74, 6) is 1.22. The molecular weight excluding hydrogens is 521 g/mol. The molecule has 2 aromatic carbocycles. The average molecular weight is 566 g/mol. The Kier molecular flexibility index (Phi) is 12.0. The van der Waals surface area contributed by atoms with E-state index in [1.165, 1.54) is 12.1 Å². The number of nitrogens with one attached hydrogen (secondary N) is 1. The van der Waals surface area contributed by atoms with E-state index in [0.717, 1.165) is 28.1 Å². The van der Waals surface area contributed by atoms with E-state index in [-0.39, 0.29) is 49.2 Å². The Morgan fingerprint density at radius 2 is 1.59 bits per heavy atom. The van der Waals surface area contributed by atoms with Crippen LogP contribution in [0.25, 0.3) is 0 Å². The molecule has 1 N–H and O–H groups in total. The zero-order valence-corrected chi connectivity index (χ0v) is 25.2. The third-order valence-electron chi connectivity index (χ3n) is 6.92. The number of para-hydroxylation sites is 1. The maximum Gasteiger partial charge on any atom is 0.322 e. The predicted molar refractivity (Wildman–Crippen MR) is 160 cm³/mol. The number of hydrogen-bond donors (Lipinski definition) is 1. The number of hydrogen-bond acceptors (Lipinski definition) is 4. The second kappa shape index (κ2) is 15.4. The molecule has 0 unspecified atom stereocenters. The number of carbonyl (C=O) groups excluding carboxylic acids is 2. The van der Waals surface area contributed by atoms with Crippen LogP contribution in [0.3, 0.4) is 0 Å². The summed E-state index contributed by atoms with van der Waals surface area (Å²) >= 11 is 0. The molecule has 3 rings (SSSR count). The summed E-state index contributed by atoms with van der Waals surface area (Å²) in [7, 11) is 0. The minimum Gasteiger partial charge on any atom is -0.464 e. The van der Waals surface area contributed by atoms with Gasteiger partial charge in [0.15, 0.2) is 0 Å². The number of ether oxygens (including phenoxy) is 1. The number of halogens is 1. The van der Waals surface area contributed by atoms with Crippen LogP contribution in [0.2, 0.25) is 0 Å². The maximum absolute atomic E-state index is 13.8. The summed E-state index contributed by atoms with van der Waals surface area (Å²) in [6, 6.07) is 15.5. The molecule has 0 atom stereocenters. The predicted octanol–water partition coefficient (Wildman–Crippen LogP) is 7.46. The fourth-order valence-electron chi connectivity index (χ4n) is 4.70. The molecule has 1 heterocycles. The molecule has 0 aliphatic heterocycles. The van der Waals surface area contributed by atoms with E-state index >= 15 is 0 Å². The van der Waals surface area contributed by atoms with Gasteiger partial charge in [0.05, 0.1) is 6.54 Å². The van der Waals surface area contributed by atoms with E-state index < -0.39 is 0 Å². The normalized spacial score (nSPS) is 11.2. The molecule has 1 aromatic heterocycles. The molecule has 0 bridgehead atoms. The Hall–Kier alpha value is -3.65. The molecule has 0 aliphatic carbocycles. The quantitative estimate of drug-likeness (QED) is 0.206. The highest BCUT2D eigenvalue weighted by molar-refractivity contribution is 5.94. The molecule has 0 saturated carbocycles. The van der Waals surface area contributed by atoms with Gasteiger partial charge in [-0.1, -0.05) is 58.0 Å². The van der Waals surface area contributed by atoms with Gasteiger partial charge in [-0.2, -0.15) is 0 Å². The van der Waals surface area contributed by atoms with Gasteiger partial charge in [0.25, 0.3) is 0 Å². The van der Waals surface area contributed by atoms with Crippen LogP contribution < -0.4 is 5.32 Å². The first kappa shape index (κ1) is 31.9. The minimum atomic E-state index is -0.340. The molecule has 3 amide bonds. The Morgan fingerprint density at radius 1 is 0.927 bits per heavy atom. The average Bonchev–Trinajstić information content (AvgIpc) is 3.35. The Morgan fingerprint density at radius 3 is 2.15 bits per heavy atom. The van der Waals surface area contributed by atoms with E-state index in [0.29, 0.717) is 31.9 Å². The first-order valence-corrected chi connectivity index (χ1v) is 14.4. The largest absolute Gasteiger partial charge is 0.464 e. The zero-order valence-electron chi connectivity index (χ0n) is 25.2. The van der Waals surface area contributed by atoms with Gasteiger partial charge in [0.2, 0.25) is 5.91 Å². The molecule has 0 saturated heterocycles. The summed E-state index contributed by atoms with van der Waals surface area (Å²) in [6.45, 7) is 13.9. The Bertz CT molecular complexity index is 1240. The number of rotatable bonds is 14. The number of benzene rings is 2. The van der Waals surface area contributed by atoms with E-state index in [1.54, 1.807) is 21.9 Å². The number of urea groups is 1. The lowest BCUT2D eigenvalue weighted by Crippen LogP contribution is -2.45. The molecule has 7 nitrogen and oxygen atoms in total. The molecule has 0 fully saturated rings. The summed E-state index contributed by atoms with van der Waals surface area (Å²) in [5.41, 5.74) is 3.69. The summed E-state index contributed by atoms with van der Waals surface area (Å²) in [5, 5.41) is 3.15. The Balaban J connectivity index is 1.87. The summed E-state index contributed by atoms with van der Waals surface area (Å²) in [4.78, 5) is 30.8. The number of anilines is 1. The summed E-state index contributed by atoms with van der Waals surface area (Å²) < 4.78 is 24.8. The smallest absolute Gasteiger partial charge is 0.322 e. The maximum atomic E-state index is 13.8.